The van der Waals surface area contributed by atoms with Gasteiger partial charge in [0, 0.05) is 11.3 Å². The Morgan fingerprint density at radius 2 is 1.64 bits per heavy atom. The Morgan fingerprint density at radius 3 is 2.33 bits per heavy atom. The van der Waals surface area contributed by atoms with Crippen LogP contribution < -0.4 is 0 Å². The molecular weight excluding hydrogens is 635 g/mol. The summed E-state index contributed by atoms with van der Waals surface area (Å²) in [5.74, 6) is 0.580. The molecule has 0 aliphatic heterocycles. The maximum Gasteiger partial charge on any atom is 0.320 e. The number of hydrogen-bond acceptors (Lipinski definition) is 4. The van der Waals surface area contributed by atoms with Crippen molar-refractivity contribution in [3.05, 3.63) is 57.2 Å². The molecule has 3 saturated carbocycles. The van der Waals surface area contributed by atoms with Gasteiger partial charge in [0.15, 0.2) is 11.6 Å². The number of halogens is 1. The molecule has 0 amide bonds. The number of carbonyl (C=O) groups excluding carboxylic acids is 3. The molecule has 1 aromatic carbocycles. The van der Waals surface area contributed by atoms with Gasteiger partial charge in [-0.05, 0) is 120 Å². The van der Waals surface area contributed by atoms with E-state index in [1.165, 1.54) is 24.8 Å². The highest BCUT2D eigenvalue weighted by Crippen LogP contribution is 2.74. The molecule has 5 aliphatic carbocycles. The first kappa shape index (κ1) is 30.3. The first-order valence-electron chi connectivity index (χ1n) is 16.0. The fourth-order valence-electron chi connectivity index (χ4n) is 11.0. The van der Waals surface area contributed by atoms with Crippen molar-refractivity contribution in [1.29, 1.82) is 0 Å². The fraction of sp³-hybridized carbons (Fsp3) is 0.649. The normalized spacial score (nSPS) is 46.3. The second-order valence-electron chi connectivity index (χ2n) is 15.7. The minimum absolute atomic E-state index is 0.0972. The molecule has 10 atom stereocenters. The average Bonchev–Trinajstić information content (AvgIpc) is 2.94. The molecule has 226 valence electrons. The van der Waals surface area contributed by atoms with E-state index in [1.807, 2.05) is 30.3 Å². The molecule has 0 aromatic heterocycles. The summed E-state index contributed by atoms with van der Waals surface area (Å²) in [4.78, 5) is 42.5. The Hall–Kier alpha value is -1.76. The fourth-order valence-corrected chi connectivity index (χ4v) is 12.2. The number of ether oxygens (including phenoxy) is 1. The molecule has 0 bridgehead atoms. The number of allylic oxidation sites excluding steroid dienone is 4. The maximum absolute atomic E-state index is 14.6. The van der Waals surface area contributed by atoms with Gasteiger partial charge < -0.3 is 4.74 Å². The van der Waals surface area contributed by atoms with Crippen LogP contribution in [0.15, 0.2) is 51.6 Å². The Bertz CT molecular complexity index is 1400. The number of hydrogen-bond donors (Lipinski definition) is 0. The van der Waals surface area contributed by atoms with E-state index in [0.717, 1.165) is 24.8 Å². The third kappa shape index (κ3) is 3.92. The zero-order chi connectivity index (χ0) is 30.5. The van der Waals surface area contributed by atoms with Gasteiger partial charge in [0.25, 0.3) is 0 Å². The Balaban J connectivity index is 1.42. The highest BCUT2D eigenvalue weighted by atomic mass is 127. The van der Waals surface area contributed by atoms with Gasteiger partial charge in [-0.15, -0.1) is 0 Å². The van der Waals surface area contributed by atoms with Crippen molar-refractivity contribution in [3.63, 3.8) is 0 Å². The van der Waals surface area contributed by atoms with Crippen molar-refractivity contribution in [2.75, 3.05) is 0 Å². The zero-order valence-electron chi connectivity index (χ0n) is 26.4. The Morgan fingerprint density at radius 1 is 0.952 bits per heavy atom. The number of benzene rings is 1. The minimum Gasteiger partial charge on any atom is -0.460 e. The van der Waals surface area contributed by atoms with Gasteiger partial charge in [0.05, 0.1) is 3.58 Å². The smallest absolute Gasteiger partial charge is 0.320 e. The minimum atomic E-state index is -1.33. The van der Waals surface area contributed by atoms with Crippen LogP contribution in [0.3, 0.4) is 0 Å². The zero-order valence-corrected chi connectivity index (χ0v) is 28.5. The summed E-state index contributed by atoms with van der Waals surface area (Å²) >= 11 is 2.10. The largest absolute Gasteiger partial charge is 0.460 e. The predicted molar refractivity (Wildman–Crippen MR) is 173 cm³/mol. The third-order valence-electron chi connectivity index (χ3n) is 13.8. The molecule has 6 rings (SSSR count). The Kier molecular flexibility index (Phi) is 7.12. The molecule has 1 aromatic rings. The first-order chi connectivity index (χ1) is 19.6. The summed E-state index contributed by atoms with van der Waals surface area (Å²) in [5, 5.41) is 0. The third-order valence-corrected chi connectivity index (χ3v) is 14.6. The van der Waals surface area contributed by atoms with Crippen molar-refractivity contribution in [2.45, 2.75) is 93.6 Å². The molecular formula is C37H47IO4. The molecule has 0 heterocycles. The lowest BCUT2D eigenvalue weighted by molar-refractivity contribution is -0.186. The quantitative estimate of drug-likeness (QED) is 0.182. The first-order valence-corrected chi connectivity index (χ1v) is 17.1. The van der Waals surface area contributed by atoms with E-state index < -0.39 is 16.8 Å². The van der Waals surface area contributed by atoms with E-state index in [2.05, 4.69) is 76.3 Å². The molecule has 0 spiro atoms. The van der Waals surface area contributed by atoms with E-state index in [0.29, 0.717) is 21.3 Å². The van der Waals surface area contributed by atoms with Crippen molar-refractivity contribution in [3.8, 4) is 0 Å². The lowest BCUT2D eigenvalue weighted by Gasteiger charge is -2.69. The monoisotopic (exact) mass is 682 g/mol. The second-order valence-corrected chi connectivity index (χ2v) is 16.9. The van der Waals surface area contributed by atoms with Crippen LogP contribution in [0, 0.1) is 56.7 Å². The number of ketones is 2. The summed E-state index contributed by atoms with van der Waals surface area (Å²) in [6, 6.07) is 9.61. The van der Waals surface area contributed by atoms with E-state index in [9.17, 15) is 14.4 Å². The lowest BCUT2D eigenvalue weighted by Crippen LogP contribution is -2.67. The van der Waals surface area contributed by atoms with Crippen LogP contribution in [0.5, 0.6) is 0 Å². The number of carbonyl (C=O) groups is 3. The number of fused-ring (bicyclic) bond motifs is 7. The Labute approximate surface area is 265 Å². The van der Waals surface area contributed by atoms with Crippen molar-refractivity contribution < 1.29 is 19.1 Å². The molecule has 5 heteroatoms. The predicted octanol–water partition coefficient (Wildman–Crippen LogP) is 8.67. The van der Waals surface area contributed by atoms with Gasteiger partial charge in [-0.25, -0.2) is 0 Å². The van der Waals surface area contributed by atoms with E-state index in [-0.39, 0.29) is 46.3 Å². The van der Waals surface area contributed by atoms with Gasteiger partial charge in [0.2, 0.25) is 0 Å². The maximum atomic E-state index is 14.6. The van der Waals surface area contributed by atoms with Crippen LogP contribution in [0.2, 0.25) is 0 Å². The van der Waals surface area contributed by atoms with Gasteiger partial charge in [-0.3, -0.25) is 14.4 Å². The highest BCUT2D eigenvalue weighted by Gasteiger charge is 2.72. The van der Waals surface area contributed by atoms with E-state index >= 15 is 0 Å². The number of Topliss-reactive ketones (excluding diaryl/α,β-unsaturated/α-hetero) is 1. The molecule has 0 saturated heterocycles. The van der Waals surface area contributed by atoms with Gasteiger partial charge in [-0.1, -0.05) is 83.5 Å². The van der Waals surface area contributed by atoms with E-state index in [4.69, 9.17) is 4.74 Å². The van der Waals surface area contributed by atoms with Crippen molar-refractivity contribution in [1.82, 2.24) is 0 Å². The number of rotatable bonds is 3. The molecule has 0 unspecified atom stereocenters. The standard InChI is InChI=1S/C37H47IO4/c1-22-13-15-33(3)17-18-35(5)25(29(33)23(22)2)19-27(39)30-34(4)20-26(38)31(40)37(7,28(34)14-16-36(30,35)6)32(41)42-21-24-11-9-8-10-12-24/h8-12,19-20,22-23,28-30H,13-18,21H2,1-7H3/t22-,23+,28-,29+,30-,33-,34+,35-,36-,37-/m1/s1. The molecule has 42 heavy (non-hydrogen) atoms. The summed E-state index contributed by atoms with van der Waals surface area (Å²) in [6.45, 7) is 16.2. The van der Waals surface area contributed by atoms with Gasteiger partial charge in [0.1, 0.15) is 12.0 Å². The molecule has 5 aliphatic rings. The molecule has 0 radical (unpaired) electrons. The average molecular weight is 683 g/mol. The van der Waals surface area contributed by atoms with Crippen molar-refractivity contribution >= 4 is 40.1 Å². The summed E-state index contributed by atoms with van der Waals surface area (Å²) in [6.07, 6.45) is 10.4. The summed E-state index contributed by atoms with van der Waals surface area (Å²) in [7, 11) is 0. The summed E-state index contributed by atoms with van der Waals surface area (Å²) < 4.78 is 6.43. The second kappa shape index (κ2) is 9.87. The van der Waals surface area contributed by atoms with Crippen LogP contribution in [0.1, 0.15) is 92.6 Å². The molecule has 0 N–H and O–H groups in total. The number of esters is 1. The van der Waals surface area contributed by atoms with E-state index in [1.54, 1.807) is 6.92 Å². The SMILES string of the molecule is C[C@H]1[C@H](C)CC[C@]2(C)CC[C@]3(C)C(=CC(=O)[C@@H]4[C@@]5(C)C=C(I)C(=O)[C@](C)(C(=O)OCc6ccccc6)[C@@H]5CC[C@]43C)[C@H]12. The molecule has 4 nitrogen and oxygen atoms in total. The lowest BCUT2D eigenvalue weighted by atomic mass is 9.34. The highest BCUT2D eigenvalue weighted by molar-refractivity contribution is 14.1. The van der Waals surface area contributed by atoms with Crippen LogP contribution in [0.25, 0.3) is 0 Å². The van der Waals surface area contributed by atoms with Crippen LogP contribution in [-0.4, -0.2) is 17.5 Å². The van der Waals surface area contributed by atoms with Gasteiger partial charge in [-0.2, -0.15) is 0 Å². The van der Waals surface area contributed by atoms with Gasteiger partial charge >= 0.3 is 5.97 Å². The van der Waals surface area contributed by atoms with Crippen LogP contribution in [-0.2, 0) is 25.7 Å². The van der Waals surface area contributed by atoms with Crippen LogP contribution >= 0.6 is 22.6 Å². The molecule has 3 fully saturated rings. The summed E-state index contributed by atoms with van der Waals surface area (Å²) in [5.41, 5.74) is 0.216. The van der Waals surface area contributed by atoms with Crippen LogP contribution in [0.4, 0.5) is 0 Å². The topological polar surface area (TPSA) is 60.4 Å². The van der Waals surface area contributed by atoms with Crippen molar-refractivity contribution in [2.24, 2.45) is 56.7 Å².